The lowest BCUT2D eigenvalue weighted by atomic mass is 9.44. The van der Waals surface area contributed by atoms with Crippen molar-refractivity contribution in [3.63, 3.8) is 0 Å². The Labute approximate surface area is 134 Å². The molecule has 4 rings (SSSR count). The quantitative estimate of drug-likeness (QED) is 0.665. The molecule has 0 radical (unpaired) electrons. The molecule has 1 N–H and O–H groups in total. The highest BCUT2D eigenvalue weighted by molar-refractivity contribution is 6.24. The third-order valence-corrected chi connectivity index (χ3v) is 9.18. The summed E-state index contributed by atoms with van der Waals surface area (Å²) in [6.45, 7) is 2.89. The Morgan fingerprint density at radius 1 is 0.905 bits per heavy atom. The van der Waals surface area contributed by atoms with Crippen LogP contribution in [-0.4, -0.2) is 16.6 Å². The molecule has 0 aromatic carbocycles. The number of halogens is 1. The van der Waals surface area contributed by atoms with Gasteiger partial charge in [0.05, 0.1) is 11.5 Å². The van der Waals surface area contributed by atoms with Gasteiger partial charge < -0.3 is 5.11 Å². The van der Waals surface area contributed by atoms with E-state index in [1.54, 1.807) is 0 Å². The molecule has 0 unspecified atom stereocenters. The Bertz CT molecular complexity index is 424. The zero-order valence-corrected chi connectivity index (χ0v) is 14.3. The van der Waals surface area contributed by atoms with Crippen molar-refractivity contribution in [2.75, 3.05) is 6.61 Å². The van der Waals surface area contributed by atoms with Crippen LogP contribution in [0.15, 0.2) is 0 Å². The maximum Gasteiger partial charge on any atom is 0.0527 e. The fourth-order valence-corrected chi connectivity index (χ4v) is 7.85. The lowest BCUT2D eigenvalue weighted by Crippen LogP contribution is -2.61. The summed E-state index contributed by atoms with van der Waals surface area (Å²) in [5.74, 6) is 2.47. The molecule has 0 heterocycles. The Hall–Kier alpha value is 0.250. The summed E-state index contributed by atoms with van der Waals surface area (Å²) in [6, 6.07) is 0. The normalized spacial score (nSPS) is 56.4. The molecule has 0 aliphatic heterocycles. The van der Waals surface area contributed by atoms with E-state index in [9.17, 15) is 5.11 Å². The summed E-state index contributed by atoms with van der Waals surface area (Å²) in [7, 11) is 0. The van der Waals surface area contributed by atoms with E-state index in [0.717, 1.165) is 24.7 Å². The predicted molar refractivity (Wildman–Crippen MR) is 87.5 cm³/mol. The molecule has 4 saturated carbocycles. The molecule has 120 valence electrons. The highest BCUT2D eigenvalue weighted by atomic mass is 35.5. The van der Waals surface area contributed by atoms with Gasteiger partial charge in [-0.2, -0.15) is 0 Å². The first-order valence-electron chi connectivity index (χ1n) is 9.35. The van der Waals surface area contributed by atoms with E-state index in [0.29, 0.717) is 17.9 Å². The largest absolute Gasteiger partial charge is 0.396 e. The summed E-state index contributed by atoms with van der Waals surface area (Å²) in [5, 5.41) is 10.4. The molecule has 2 heteroatoms. The van der Waals surface area contributed by atoms with Crippen molar-refractivity contribution in [3.05, 3.63) is 0 Å². The summed E-state index contributed by atoms with van der Waals surface area (Å²) in [5.41, 5.74) is 0.651. The van der Waals surface area contributed by atoms with Gasteiger partial charge in [-0.15, -0.1) is 11.6 Å². The monoisotopic (exact) mass is 310 g/mol. The minimum absolute atomic E-state index is 0.0413. The first-order valence-corrected chi connectivity index (χ1v) is 9.72. The van der Waals surface area contributed by atoms with Gasteiger partial charge in [-0.1, -0.05) is 26.2 Å². The number of aliphatic hydroxyl groups excluding tert-OH is 1. The van der Waals surface area contributed by atoms with E-state index in [-0.39, 0.29) is 10.3 Å². The molecule has 4 aliphatic carbocycles. The van der Waals surface area contributed by atoms with E-state index >= 15 is 0 Å². The van der Waals surface area contributed by atoms with Gasteiger partial charge in [-0.25, -0.2) is 0 Å². The average Bonchev–Trinajstić information content (AvgIpc) is 2.88. The first kappa shape index (κ1) is 14.8. The van der Waals surface area contributed by atoms with Crippen LogP contribution < -0.4 is 0 Å². The van der Waals surface area contributed by atoms with Crippen LogP contribution in [0.2, 0.25) is 0 Å². The van der Waals surface area contributed by atoms with Gasteiger partial charge in [0.25, 0.3) is 0 Å². The second-order valence-electron chi connectivity index (χ2n) is 8.99. The van der Waals surface area contributed by atoms with E-state index in [1.165, 1.54) is 57.8 Å². The van der Waals surface area contributed by atoms with E-state index in [1.807, 2.05) is 0 Å². The second-order valence-corrected chi connectivity index (χ2v) is 9.71. The van der Waals surface area contributed by atoms with Gasteiger partial charge in [0.2, 0.25) is 0 Å². The van der Waals surface area contributed by atoms with Gasteiger partial charge in [0.15, 0.2) is 0 Å². The zero-order valence-electron chi connectivity index (χ0n) is 13.5. The van der Waals surface area contributed by atoms with Crippen LogP contribution in [0.1, 0.15) is 77.6 Å². The van der Waals surface area contributed by atoms with Crippen molar-refractivity contribution in [3.8, 4) is 0 Å². The van der Waals surface area contributed by atoms with Crippen LogP contribution in [0.5, 0.6) is 0 Å². The Morgan fingerprint density at radius 2 is 1.71 bits per heavy atom. The molecular formula is C19H31ClO. The van der Waals surface area contributed by atoms with E-state index < -0.39 is 0 Å². The number of alkyl halides is 1. The van der Waals surface area contributed by atoms with Gasteiger partial charge in [0, 0.05) is 5.41 Å². The van der Waals surface area contributed by atoms with Crippen LogP contribution in [0, 0.1) is 28.6 Å². The summed E-state index contributed by atoms with van der Waals surface area (Å²) < 4.78 is 0. The Kier molecular flexibility index (Phi) is 3.44. The molecule has 0 spiro atoms. The molecular weight excluding hydrogens is 280 g/mol. The number of hydrogen-bond donors (Lipinski definition) is 1. The molecule has 0 aromatic heterocycles. The van der Waals surface area contributed by atoms with Gasteiger partial charge >= 0.3 is 0 Å². The predicted octanol–water partition coefficient (Wildman–Crippen LogP) is 5.14. The number of aliphatic hydroxyl groups is 1. The molecule has 0 bridgehead atoms. The summed E-state index contributed by atoms with van der Waals surface area (Å²) in [4.78, 5) is -0.0898. The van der Waals surface area contributed by atoms with Crippen LogP contribution in [0.25, 0.3) is 0 Å². The van der Waals surface area contributed by atoms with Crippen molar-refractivity contribution in [2.45, 2.75) is 82.4 Å². The van der Waals surface area contributed by atoms with Crippen LogP contribution in [0.3, 0.4) is 0 Å². The molecule has 1 nitrogen and oxygen atoms in total. The van der Waals surface area contributed by atoms with Crippen molar-refractivity contribution in [2.24, 2.45) is 28.6 Å². The molecule has 0 amide bonds. The van der Waals surface area contributed by atoms with E-state index in [2.05, 4.69) is 6.92 Å². The second kappa shape index (κ2) is 4.87. The van der Waals surface area contributed by atoms with Gasteiger partial charge in [0.1, 0.15) is 0 Å². The van der Waals surface area contributed by atoms with Crippen molar-refractivity contribution >= 4 is 11.6 Å². The average molecular weight is 311 g/mol. The minimum Gasteiger partial charge on any atom is -0.396 e. The third-order valence-electron chi connectivity index (χ3n) is 8.42. The number of fused-ring (bicyclic) bond motifs is 5. The Morgan fingerprint density at radius 3 is 2.52 bits per heavy atom. The van der Waals surface area contributed by atoms with Crippen molar-refractivity contribution < 1.29 is 5.11 Å². The maximum atomic E-state index is 10.4. The Balaban J connectivity index is 1.71. The van der Waals surface area contributed by atoms with Gasteiger partial charge in [-0.05, 0) is 74.5 Å². The van der Waals surface area contributed by atoms with Crippen LogP contribution in [0.4, 0.5) is 0 Å². The van der Waals surface area contributed by atoms with Crippen LogP contribution in [-0.2, 0) is 0 Å². The SMILES string of the molecule is C[C@@]12CCC[C@H]1[C@@H]1CC[C@@]3(Cl)CCCC[C@]3(CO)[C@H]1CC2. The molecule has 4 aliphatic rings. The maximum absolute atomic E-state index is 10.4. The van der Waals surface area contributed by atoms with E-state index in [4.69, 9.17) is 11.6 Å². The fourth-order valence-electron chi connectivity index (χ4n) is 7.31. The molecule has 6 atom stereocenters. The minimum atomic E-state index is -0.0898. The fraction of sp³-hybridized carbons (Fsp3) is 1.00. The summed E-state index contributed by atoms with van der Waals surface area (Å²) >= 11 is 7.17. The lowest BCUT2D eigenvalue weighted by Gasteiger charge is -2.63. The van der Waals surface area contributed by atoms with Crippen LogP contribution >= 0.6 is 11.6 Å². The molecule has 0 aromatic rings. The molecule has 21 heavy (non-hydrogen) atoms. The standard InChI is InChI=1S/C19H31ClO/c1-17-8-4-5-15(17)14-6-12-19(20)10-3-2-9-18(19,13-21)16(14)7-11-17/h14-16,21H,2-13H2,1H3/t14-,15-,16-,17-,18-,19-/m0/s1. The van der Waals surface area contributed by atoms with Crippen molar-refractivity contribution in [1.29, 1.82) is 0 Å². The smallest absolute Gasteiger partial charge is 0.0527 e. The summed E-state index contributed by atoms with van der Waals surface area (Å²) in [6.07, 6.45) is 14.4. The topological polar surface area (TPSA) is 20.2 Å². The molecule has 0 saturated heterocycles. The number of hydrogen-bond acceptors (Lipinski definition) is 1. The highest BCUT2D eigenvalue weighted by Gasteiger charge is 2.63. The highest BCUT2D eigenvalue weighted by Crippen LogP contribution is 2.68. The molecule has 4 fully saturated rings. The third kappa shape index (κ3) is 1.86. The lowest BCUT2D eigenvalue weighted by molar-refractivity contribution is -0.123. The van der Waals surface area contributed by atoms with Crippen molar-refractivity contribution in [1.82, 2.24) is 0 Å². The zero-order chi connectivity index (χ0) is 14.7. The number of rotatable bonds is 1. The van der Waals surface area contributed by atoms with Gasteiger partial charge in [-0.3, -0.25) is 0 Å². The first-order chi connectivity index (χ1) is 10.0.